The highest BCUT2D eigenvalue weighted by Crippen LogP contribution is 2.22. The van der Waals surface area contributed by atoms with Crippen molar-refractivity contribution >= 4 is 11.8 Å². The number of nitrogens with zero attached hydrogens (tertiary/aromatic N) is 4. The summed E-state index contributed by atoms with van der Waals surface area (Å²) >= 11 is 0. The van der Waals surface area contributed by atoms with E-state index in [4.69, 9.17) is 15.2 Å². The van der Waals surface area contributed by atoms with Crippen LogP contribution in [0, 0.1) is 0 Å². The van der Waals surface area contributed by atoms with Crippen molar-refractivity contribution in [2.75, 3.05) is 30.8 Å². The van der Waals surface area contributed by atoms with Gasteiger partial charge < -0.3 is 20.5 Å². The lowest BCUT2D eigenvalue weighted by Crippen LogP contribution is -2.28. The van der Waals surface area contributed by atoms with Crippen molar-refractivity contribution in [3.63, 3.8) is 0 Å². The van der Waals surface area contributed by atoms with E-state index in [9.17, 15) is 0 Å². The van der Waals surface area contributed by atoms with Crippen LogP contribution in [0.25, 0.3) is 5.82 Å². The van der Waals surface area contributed by atoms with E-state index in [1.807, 2.05) is 13.0 Å². The number of nitrogens with two attached hydrogens (primary N) is 1. The standard InChI is InChI=1S/C13H18N6O2/c1-13(20-7-8-21-13)3-5-15-10-9-11(18-12(14)17-10)19-6-2-4-16-19/h2,4,6,9H,3,5,7-8H2,1H3,(H3,14,15,17,18). The van der Waals surface area contributed by atoms with Crippen molar-refractivity contribution in [2.24, 2.45) is 0 Å². The monoisotopic (exact) mass is 290 g/mol. The minimum Gasteiger partial charge on any atom is -0.370 e. The van der Waals surface area contributed by atoms with Crippen LogP contribution in [0.1, 0.15) is 13.3 Å². The molecule has 21 heavy (non-hydrogen) atoms. The number of hydrogen-bond donors (Lipinski definition) is 2. The summed E-state index contributed by atoms with van der Waals surface area (Å²) in [5.74, 6) is 0.949. The van der Waals surface area contributed by atoms with Gasteiger partial charge in [0.05, 0.1) is 13.2 Å². The zero-order valence-electron chi connectivity index (χ0n) is 11.8. The average molecular weight is 290 g/mol. The fourth-order valence-corrected chi connectivity index (χ4v) is 2.18. The molecule has 2 aromatic rings. The predicted molar refractivity (Wildman–Crippen MR) is 77.0 cm³/mol. The molecule has 3 heterocycles. The van der Waals surface area contributed by atoms with E-state index in [1.54, 1.807) is 23.1 Å². The van der Waals surface area contributed by atoms with Gasteiger partial charge in [-0.3, -0.25) is 0 Å². The first-order valence-corrected chi connectivity index (χ1v) is 6.81. The summed E-state index contributed by atoms with van der Waals surface area (Å²) in [7, 11) is 0. The van der Waals surface area contributed by atoms with E-state index in [2.05, 4.69) is 20.4 Å². The highest BCUT2D eigenvalue weighted by Gasteiger charge is 2.30. The molecule has 8 nitrogen and oxygen atoms in total. The average Bonchev–Trinajstić information content (AvgIpc) is 3.10. The van der Waals surface area contributed by atoms with Gasteiger partial charge >= 0.3 is 0 Å². The molecule has 0 radical (unpaired) electrons. The molecule has 3 N–H and O–H groups in total. The summed E-state index contributed by atoms with van der Waals surface area (Å²) in [4.78, 5) is 8.32. The number of nitrogens with one attached hydrogen (secondary N) is 1. The van der Waals surface area contributed by atoms with E-state index in [1.165, 1.54) is 0 Å². The van der Waals surface area contributed by atoms with E-state index < -0.39 is 5.79 Å². The number of aromatic nitrogens is 4. The minimum absolute atomic E-state index is 0.199. The third-order valence-corrected chi connectivity index (χ3v) is 3.25. The number of anilines is 2. The van der Waals surface area contributed by atoms with Gasteiger partial charge in [-0.1, -0.05) is 0 Å². The van der Waals surface area contributed by atoms with Crippen LogP contribution in [0.3, 0.4) is 0 Å². The van der Waals surface area contributed by atoms with Gasteiger partial charge in [0.2, 0.25) is 5.95 Å². The molecule has 0 aliphatic carbocycles. The lowest BCUT2D eigenvalue weighted by molar-refractivity contribution is -0.144. The summed E-state index contributed by atoms with van der Waals surface area (Å²) < 4.78 is 12.7. The SMILES string of the molecule is CC1(CCNc2cc(-n3cccn3)nc(N)n2)OCCO1. The molecular weight excluding hydrogens is 272 g/mol. The maximum absolute atomic E-state index is 5.73. The molecule has 8 heteroatoms. The van der Waals surface area contributed by atoms with Gasteiger partial charge in [0, 0.05) is 31.4 Å². The van der Waals surface area contributed by atoms with Gasteiger partial charge in [-0.2, -0.15) is 15.1 Å². The Morgan fingerprint density at radius 2 is 2.19 bits per heavy atom. The molecule has 2 aromatic heterocycles. The molecule has 112 valence electrons. The lowest BCUT2D eigenvalue weighted by Gasteiger charge is -2.22. The van der Waals surface area contributed by atoms with Gasteiger partial charge in [0.1, 0.15) is 5.82 Å². The normalized spacial score (nSPS) is 17.0. The Bertz CT molecular complexity index is 595. The topological polar surface area (TPSA) is 100 Å². The summed E-state index contributed by atoms with van der Waals surface area (Å²) in [6.45, 7) is 3.87. The Hall–Kier alpha value is -2.19. The van der Waals surface area contributed by atoms with Gasteiger partial charge in [-0.25, -0.2) is 4.68 Å². The largest absolute Gasteiger partial charge is 0.370 e. The molecular formula is C13H18N6O2. The van der Waals surface area contributed by atoms with E-state index in [0.29, 0.717) is 37.8 Å². The molecule has 1 aliphatic heterocycles. The van der Waals surface area contributed by atoms with Crippen molar-refractivity contribution in [2.45, 2.75) is 19.1 Å². The third kappa shape index (κ3) is 3.29. The Morgan fingerprint density at radius 3 is 2.90 bits per heavy atom. The van der Waals surface area contributed by atoms with Crippen LogP contribution in [0.2, 0.25) is 0 Å². The van der Waals surface area contributed by atoms with Gasteiger partial charge in [-0.15, -0.1) is 0 Å². The quantitative estimate of drug-likeness (QED) is 0.840. The Kier molecular flexibility index (Phi) is 3.72. The summed E-state index contributed by atoms with van der Waals surface area (Å²) in [5, 5.41) is 7.33. The van der Waals surface area contributed by atoms with Crippen LogP contribution < -0.4 is 11.1 Å². The predicted octanol–water partition coefficient (Wildman–Crippen LogP) is 0.809. The molecule has 1 aliphatic rings. The Labute approximate surface area is 122 Å². The fraction of sp³-hybridized carbons (Fsp3) is 0.462. The van der Waals surface area contributed by atoms with Crippen LogP contribution >= 0.6 is 0 Å². The molecule has 0 aromatic carbocycles. The summed E-state index contributed by atoms with van der Waals surface area (Å²) in [5.41, 5.74) is 5.73. The molecule has 1 saturated heterocycles. The van der Waals surface area contributed by atoms with E-state index in [-0.39, 0.29) is 5.95 Å². The van der Waals surface area contributed by atoms with E-state index in [0.717, 1.165) is 0 Å². The Morgan fingerprint density at radius 1 is 1.38 bits per heavy atom. The second-order valence-electron chi connectivity index (χ2n) is 4.93. The Balaban J connectivity index is 1.65. The first kappa shape index (κ1) is 13.8. The second-order valence-corrected chi connectivity index (χ2v) is 4.93. The fourth-order valence-electron chi connectivity index (χ4n) is 2.18. The maximum atomic E-state index is 5.73. The van der Waals surface area contributed by atoms with Crippen molar-refractivity contribution in [1.29, 1.82) is 0 Å². The smallest absolute Gasteiger partial charge is 0.224 e. The van der Waals surface area contributed by atoms with Crippen LogP contribution in [0.15, 0.2) is 24.5 Å². The van der Waals surface area contributed by atoms with Crippen molar-refractivity contribution in [3.05, 3.63) is 24.5 Å². The second kappa shape index (κ2) is 5.66. The van der Waals surface area contributed by atoms with Crippen LogP contribution in [0.4, 0.5) is 11.8 Å². The van der Waals surface area contributed by atoms with Crippen molar-refractivity contribution in [1.82, 2.24) is 19.7 Å². The van der Waals surface area contributed by atoms with E-state index >= 15 is 0 Å². The third-order valence-electron chi connectivity index (χ3n) is 3.25. The zero-order chi connectivity index (χ0) is 14.7. The molecule has 0 amide bonds. The maximum Gasteiger partial charge on any atom is 0.224 e. The molecule has 0 unspecified atom stereocenters. The molecule has 0 saturated carbocycles. The summed E-state index contributed by atoms with van der Waals surface area (Å²) in [6.07, 6.45) is 4.20. The summed E-state index contributed by atoms with van der Waals surface area (Å²) in [6, 6.07) is 3.61. The number of nitrogen functional groups attached to an aromatic ring is 1. The number of ether oxygens (including phenoxy) is 2. The zero-order valence-corrected chi connectivity index (χ0v) is 11.8. The molecule has 0 atom stereocenters. The minimum atomic E-state index is -0.517. The van der Waals surface area contributed by atoms with Crippen LogP contribution in [0.5, 0.6) is 0 Å². The molecule has 3 rings (SSSR count). The first-order chi connectivity index (χ1) is 10.1. The highest BCUT2D eigenvalue weighted by atomic mass is 16.7. The van der Waals surface area contributed by atoms with Crippen molar-refractivity contribution < 1.29 is 9.47 Å². The molecule has 0 bridgehead atoms. The van der Waals surface area contributed by atoms with Crippen LogP contribution in [-0.4, -0.2) is 45.3 Å². The lowest BCUT2D eigenvalue weighted by atomic mass is 10.2. The highest BCUT2D eigenvalue weighted by molar-refractivity contribution is 5.45. The molecule has 1 fully saturated rings. The van der Waals surface area contributed by atoms with Crippen LogP contribution in [-0.2, 0) is 9.47 Å². The molecule has 0 spiro atoms. The van der Waals surface area contributed by atoms with Crippen molar-refractivity contribution in [3.8, 4) is 5.82 Å². The first-order valence-electron chi connectivity index (χ1n) is 6.81. The number of hydrogen-bond acceptors (Lipinski definition) is 7. The van der Waals surface area contributed by atoms with Gasteiger partial charge in [0.15, 0.2) is 11.6 Å². The van der Waals surface area contributed by atoms with Gasteiger partial charge in [0.25, 0.3) is 0 Å². The number of rotatable bonds is 5. The van der Waals surface area contributed by atoms with Gasteiger partial charge in [-0.05, 0) is 13.0 Å².